The molecule has 2 heteroatoms. The van der Waals surface area contributed by atoms with Gasteiger partial charge in [0, 0.05) is 33.7 Å². The molecule has 234 valence electrons. The highest BCUT2D eigenvalue weighted by atomic mass is 15.0. The molecule has 7 aromatic carbocycles. The lowest BCUT2D eigenvalue weighted by Crippen LogP contribution is -2.05. The van der Waals surface area contributed by atoms with E-state index in [0.29, 0.717) is 5.92 Å². The van der Waals surface area contributed by atoms with Crippen molar-refractivity contribution in [3.8, 4) is 39.1 Å². The summed E-state index contributed by atoms with van der Waals surface area (Å²) < 4.78 is 2.45. The van der Waals surface area contributed by atoms with E-state index >= 15 is 0 Å². The number of allylic oxidation sites excluding steroid dienone is 1. The van der Waals surface area contributed by atoms with E-state index in [2.05, 4.69) is 187 Å². The van der Waals surface area contributed by atoms with Crippen LogP contribution in [0.25, 0.3) is 66.8 Å². The van der Waals surface area contributed by atoms with Crippen LogP contribution in [-0.4, -0.2) is 4.57 Å². The first kappa shape index (κ1) is 29.1. The molecule has 1 aliphatic rings. The number of nitrogens with one attached hydrogen (secondary N) is 1. The van der Waals surface area contributed by atoms with Gasteiger partial charge in [-0.05, 0) is 111 Å². The largest absolute Gasteiger partial charge is 0.355 e. The van der Waals surface area contributed by atoms with Crippen LogP contribution >= 0.6 is 0 Å². The predicted molar refractivity (Wildman–Crippen MR) is 209 cm³/mol. The third-order valence-electron chi connectivity index (χ3n) is 9.92. The molecule has 1 heterocycles. The van der Waals surface area contributed by atoms with E-state index in [1.807, 2.05) is 6.07 Å². The van der Waals surface area contributed by atoms with Crippen molar-refractivity contribution in [1.29, 1.82) is 0 Å². The average molecular weight is 629 g/mol. The van der Waals surface area contributed by atoms with Crippen molar-refractivity contribution < 1.29 is 0 Å². The van der Waals surface area contributed by atoms with Crippen LogP contribution in [0.4, 0.5) is 11.4 Å². The Labute approximate surface area is 287 Å². The fourth-order valence-corrected chi connectivity index (χ4v) is 7.41. The molecular weight excluding hydrogens is 593 g/mol. The minimum absolute atomic E-state index is 0.515. The first-order valence-corrected chi connectivity index (χ1v) is 17.1. The Bertz CT molecular complexity index is 2490. The van der Waals surface area contributed by atoms with Gasteiger partial charge < -0.3 is 9.88 Å². The van der Waals surface area contributed by atoms with Crippen molar-refractivity contribution in [3.63, 3.8) is 0 Å². The molecule has 1 aliphatic carbocycles. The molecule has 1 N–H and O–H groups in total. The number of hydrogen-bond donors (Lipinski definition) is 1. The molecule has 0 fully saturated rings. The molecule has 0 saturated carbocycles. The Morgan fingerprint density at radius 1 is 0.551 bits per heavy atom. The summed E-state index contributed by atoms with van der Waals surface area (Å²) in [7, 11) is 0. The monoisotopic (exact) mass is 628 g/mol. The zero-order chi connectivity index (χ0) is 32.7. The van der Waals surface area contributed by atoms with Crippen LogP contribution in [0, 0.1) is 5.92 Å². The summed E-state index contributed by atoms with van der Waals surface area (Å²) in [6.07, 6.45) is 5.73. The lowest BCUT2D eigenvalue weighted by atomic mass is 9.92. The summed E-state index contributed by atoms with van der Waals surface area (Å²) in [6, 6.07) is 59.2. The Hall–Kier alpha value is -6.12. The number of para-hydroxylation sites is 1. The number of benzene rings is 7. The molecule has 9 rings (SSSR count). The van der Waals surface area contributed by atoms with Crippen LogP contribution < -0.4 is 5.32 Å². The van der Waals surface area contributed by atoms with E-state index in [1.54, 1.807) is 0 Å². The molecule has 0 spiro atoms. The van der Waals surface area contributed by atoms with Gasteiger partial charge in [0.1, 0.15) is 0 Å². The van der Waals surface area contributed by atoms with E-state index in [-0.39, 0.29) is 0 Å². The van der Waals surface area contributed by atoms with Gasteiger partial charge in [-0.1, -0.05) is 128 Å². The first-order chi connectivity index (χ1) is 24.2. The smallest absolute Gasteiger partial charge is 0.0538 e. The number of hydrogen-bond acceptors (Lipinski definition) is 1. The molecule has 1 atom stereocenters. The fourth-order valence-electron chi connectivity index (χ4n) is 7.41. The number of anilines is 2. The second-order valence-electron chi connectivity index (χ2n) is 13.2. The van der Waals surface area contributed by atoms with Crippen molar-refractivity contribution >= 4 is 39.1 Å². The highest BCUT2D eigenvalue weighted by Crippen LogP contribution is 2.39. The molecule has 1 aromatic heterocycles. The van der Waals surface area contributed by atoms with Gasteiger partial charge in [0.15, 0.2) is 0 Å². The van der Waals surface area contributed by atoms with Crippen LogP contribution in [0.3, 0.4) is 0 Å². The minimum Gasteiger partial charge on any atom is -0.355 e. The van der Waals surface area contributed by atoms with Crippen molar-refractivity contribution in [1.82, 2.24) is 4.57 Å². The lowest BCUT2D eigenvalue weighted by Gasteiger charge is -2.16. The van der Waals surface area contributed by atoms with E-state index in [0.717, 1.165) is 17.8 Å². The van der Waals surface area contributed by atoms with Crippen LogP contribution in [-0.2, 0) is 6.42 Å². The minimum atomic E-state index is 0.515. The van der Waals surface area contributed by atoms with E-state index in [1.165, 1.54) is 72.0 Å². The van der Waals surface area contributed by atoms with E-state index < -0.39 is 0 Å². The van der Waals surface area contributed by atoms with Gasteiger partial charge in [-0.25, -0.2) is 0 Å². The Morgan fingerprint density at radius 3 is 1.98 bits per heavy atom. The zero-order valence-corrected chi connectivity index (χ0v) is 27.5. The van der Waals surface area contributed by atoms with E-state index in [4.69, 9.17) is 0 Å². The number of aromatic nitrogens is 1. The van der Waals surface area contributed by atoms with Crippen LogP contribution in [0.2, 0.25) is 0 Å². The Kier molecular flexibility index (Phi) is 7.21. The molecule has 2 nitrogen and oxygen atoms in total. The molecule has 1 unspecified atom stereocenters. The number of nitrogens with zero attached hydrogens (tertiary/aromatic N) is 1. The predicted octanol–water partition coefficient (Wildman–Crippen LogP) is 12.7. The van der Waals surface area contributed by atoms with Gasteiger partial charge in [-0.2, -0.15) is 0 Å². The van der Waals surface area contributed by atoms with Gasteiger partial charge in [0.2, 0.25) is 0 Å². The van der Waals surface area contributed by atoms with Gasteiger partial charge in [0.05, 0.1) is 5.52 Å². The Morgan fingerprint density at radius 2 is 1.20 bits per heavy atom. The van der Waals surface area contributed by atoms with Crippen molar-refractivity contribution in [2.45, 2.75) is 13.3 Å². The quantitative estimate of drug-likeness (QED) is 0.194. The van der Waals surface area contributed by atoms with Crippen LogP contribution in [0.15, 0.2) is 170 Å². The highest BCUT2D eigenvalue weighted by molar-refractivity contribution is 5.95. The molecule has 0 radical (unpaired) electrons. The third kappa shape index (κ3) is 5.42. The summed E-state index contributed by atoms with van der Waals surface area (Å²) in [5, 5.41) is 7.50. The zero-order valence-electron chi connectivity index (χ0n) is 27.5. The van der Waals surface area contributed by atoms with Crippen LogP contribution in [0.1, 0.15) is 18.2 Å². The molecule has 0 amide bonds. The topological polar surface area (TPSA) is 17.0 Å². The normalized spacial score (nSPS) is 13.9. The summed E-state index contributed by atoms with van der Waals surface area (Å²) >= 11 is 0. The van der Waals surface area contributed by atoms with E-state index in [9.17, 15) is 0 Å². The van der Waals surface area contributed by atoms with Crippen molar-refractivity contribution in [2.75, 3.05) is 5.32 Å². The Balaban J connectivity index is 1.08. The standard InChI is InChI=1S/C47H36N2/c1-32-16-26-46-43(28-32)44-31-39(23-27-47(44)49(46)41-24-21-33-10-8-9-13-37(33)29-41)35-19-17-34(18-20-35)38-22-25-45(48-40-14-6-3-7-15-40)42(30-38)36-11-4-2-5-12-36/h2-27,29-32,48H,28H2,1H3. The molecule has 0 bridgehead atoms. The average Bonchev–Trinajstić information content (AvgIpc) is 3.48. The summed E-state index contributed by atoms with van der Waals surface area (Å²) in [4.78, 5) is 0. The second-order valence-corrected chi connectivity index (χ2v) is 13.2. The molecule has 0 aliphatic heterocycles. The van der Waals surface area contributed by atoms with Gasteiger partial charge in [-0.15, -0.1) is 0 Å². The molecule has 49 heavy (non-hydrogen) atoms. The molecular formula is C47H36N2. The maximum Gasteiger partial charge on any atom is 0.0538 e. The number of fused-ring (bicyclic) bond motifs is 4. The number of rotatable bonds is 6. The lowest BCUT2D eigenvalue weighted by molar-refractivity contribution is 0.718. The summed E-state index contributed by atoms with van der Waals surface area (Å²) in [5.74, 6) is 0.515. The maximum atomic E-state index is 3.63. The van der Waals surface area contributed by atoms with Gasteiger partial charge in [0.25, 0.3) is 0 Å². The van der Waals surface area contributed by atoms with Crippen molar-refractivity contribution in [2.24, 2.45) is 5.92 Å². The van der Waals surface area contributed by atoms with Crippen LogP contribution in [0.5, 0.6) is 0 Å². The van der Waals surface area contributed by atoms with Gasteiger partial charge in [-0.3, -0.25) is 0 Å². The summed E-state index contributed by atoms with van der Waals surface area (Å²) in [6.45, 7) is 2.31. The first-order valence-electron chi connectivity index (χ1n) is 17.1. The molecule has 0 saturated heterocycles. The summed E-state index contributed by atoms with van der Waals surface area (Å²) in [5.41, 5.74) is 14.6. The fraction of sp³-hybridized carbons (Fsp3) is 0.0638. The SMILES string of the molecule is CC1C=Cc2c(c3cc(-c4ccc(-c5ccc(Nc6ccccc6)c(-c6ccccc6)c5)cc4)ccc3n2-c2ccc3ccccc3c2)C1. The highest BCUT2D eigenvalue weighted by Gasteiger charge is 2.22. The van der Waals surface area contributed by atoms with Gasteiger partial charge >= 0.3 is 0 Å². The molecule has 8 aromatic rings. The third-order valence-corrected chi connectivity index (χ3v) is 9.92. The second kappa shape index (κ2) is 12.2. The van der Waals surface area contributed by atoms with Crippen molar-refractivity contribution in [3.05, 3.63) is 181 Å². The maximum absolute atomic E-state index is 3.63.